The maximum atomic E-state index is 13.0. The van der Waals surface area contributed by atoms with E-state index in [1.54, 1.807) is 36.5 Å². The van der Waals surface area contributed by atoms with Crippen LogP contribution in [0.15, 0.2) is 71.8 Å². The third-order valence-corrected chi connectivity index (χ3v) is 5.46. The van der Waals surface area contributed by atoms with Crippen molar-refractivity contribution in [1.82, 2.24) is 4.98 Å². The highest BCUT2D eigenvalue weighted by Crippen LogP contribution is 2.36. The second-order valence-corrected chi connectivity index (χ2v) is 7.97. The molecule has 0 fully saturated rings. The Balaban J connectivity index is 1.79. The van der Waals surface area contributed by atoms with E-state index in [4.69, 9.17) is 16.3 Å². The van der Waals surface area contributed by atoms with Gasteiger partial charge in [-0.1, -0.05) is 23.7 Å². The van der Waals surface area contributed by atoms with E-state index in [1.807, 2.05) is 0 Å². The van der Waals surface area contributed by atoms with Crippen LogP contribution in [0.25, 0.3) is 0 Å². The number of nitrogens with zero attached hydrogens (tertiary/aromatic N) is 1. The van der Waals surface area contributed by atoms with Crippen LogP contribution in [0.2, 0.25) is 5.02 Å². The van der Waals surface area contributed by atoms with Crippen LogP contribution in [0.1, 0.15) is 11.3 Å². The summed E-state index contributed by atoms with van der Waals surface area (Å²) in [4.78, 5) is 3.55. The molecule has 29 heavy (non-hydrogen) atoms. The van der Waals surface area contributed by atoms with Gasteiger partial charge >= 0.3 is 6.18 Å². The van der Waals surface area contributed by atoms with Crippen molar-refractivity contribution in [2.75, 3.05) is 4.72 Å². The van der Waals surface area contributed by atoms with Crippen LogP contribution in [0.5, 0.6) is 5.75 Å². The number of aromatic nitrogens is 1. The van der Waals surface area contributed by atoms with E-state index in [0.717, 1.165) is 12.1 Å². The van der Waals surface area contributed by atoms with E-state index in [1.165, 1.54) is 12.1 Å². The average Bonchev–Trinajstić information content (AvgIpc) is 2.66. The highest BCUT2D eigenvalue weighted by atomic mass is 35.5. The van der Waals surface area contributed by atoms with E-state index < -0.39 is 31.7 Å². The third kappa shape index (κ3) is 5.39. The summed E-state index contributed by atoms with van der Waals surface area (Å²) >= 11 is 5.54. The number of pyridine rings is 1. The summed E-state index contributed by atoms with van der Waals surface area (Å²) in [5.74, 6) is 0.364. The predicted molar refractivity (Wildman–Crippen MR) is 102 cm³/mol. The van der Waals surface area contributed by atoms with Gasteiger partial charge in [-0.3, -0.25) is 9.71 Å². The fraction of sp³-hybridized carbons (Fsp3) is 0.105. The summed E-state index contributed by atoms with van der Waals surface area (Å²) in [6, 6.07) is 13.8. The molecule has 10 heteroatoms. The molecule has 0 saturated heterocycles. The van der Waals surface area contributed by atoms with Crippen molar-refractivity contribution in [3.8, 4) is 5.75 Å². The summed E-state index contributed by atoms with van der Waals surface area (Å²) in [6.07, 6.45) is -3.16. The Labute approximate surface area is 170 Å². The lowest BCUT2D eigenvalue weighted by atomic mass is 10.2. The van der Waals surface area contributed by atoms with Crippen molar-refractivity contribution in [2.45, 2.75) is 17.7 Å². The number of sulfonamides is 1. The smallest absolute Gasteiger partial charge is 0.417 e. The molecule has 0 atom stereocenters. The van der Waals surface area contributed by atoms with Gasteiger partial charge in [-0.05, 0) is 42.5 Å². The molecule has 0 unspecified atom stereocenters. The number of nitrogens with one attached hydrogen (secondary N) is 1. The van der Waals surface area contributed by atoms with Crippen LogP contribution in [0.3, 0.4) is 0 Å². The van der Waals surface area contributed by atoms with E-state index in [0.29, 0.717) is 17.5 Å². The Morgan fingerprint density at radius 3 is 2.52 bits per heavy atom. The largest absolute Gasteiger partial charge is 0.487 e. The van der Waals surface area contributed by atoms with Crippen LogP contribution in [0, 0.1) is 0 Å². The van der Waals surface area contributed by atoms with Crippen molar-refractivity contribution in [1.29, 1.82) is 0 Å². The van der Waals surface area contributed by atoms with Gasteiger partial charge in [-0.15, -0.1) is 0 Å². The number of ether oxygens (including phenoxy) is 1. The summed E-state index contributed by atoms with van der Waals surface area (Å²) < 4.78 is 71.8. The van der Waals surface area contributed by atoms with Crippen LogP contribution in [0.4, 0.5) is 18.9 Å². The number of benzene rings is 2. The number of hydrogen-bond acceptors (Lipinski definition) is 4. The topological polar surface area (TPSA) is 68.3 Å². The first-order chi connectivity index (χ1) is 13.6. The molecule has 0 radical (unpaired) electrons. The van der Waals surface area contributed by atoms with Gasteiger partial charge in [-0.25, -0.2) is 8.42 Å². The van der Waals surface area contributed by atoms with Crippen molar-refractivity contribution in [3.05, 3.63) is 83.1 Å². The zero-order chi connectivity index (χ0) is 21.1. The molecule has 0 amide bonds. The molecule has 2 aromatic carbocycles. The lowest BCUT2D eigenvalue weighted by Crippen LogP contribution is -2.15. The van der Waals surface area contributed by atoms with Gasteiger partial charge in [0, 0.05) is 12.3 Å². The highest BCUT2D eigenvalue weighted by Gasteiger charge is 2.34. The second kappa shape index (κ2) is 8.30. The highest BCUT2D eigenvalue weighted by molar-refractivity contribution is 7.92. The van der Waals surface area contributed by atoms with E-state index >= 15 is 0 Å². The molecule has 152 valence electrons. The molecule has 0 aliphatic heterocycles. The van der Waals surface area contributed by atoms with Gasteiger partial charge in [0.15, 0.2) is 0 Å². The summed E-state index contributed by atoms with van der Waals surface area (Å²) in [7, 11) is -4.27. The minimum atomic E-state index is -4.78. The first-order valence-corrected chi connectivity index (χ1v) is 10.0. The van der Waals surface area contributed by atoms with Crippen molar-refractivity contribution in [3.63, 3.8) is 0 Å². The molecule has 1 N–H and O–H groups in total. The Hall–Kier alpha value is -2.78. The summed E-state index contributed by atoms with van der Waals surface area (Å²) in [5.41, 5.74) is -0.416. The SMILES string of the molecule is O=S(=O)(Nc1cccc(OCc2ccccn2)c1)c1ccc(Cl)c(C(F)(F)F)c1. The molecule has 0 bridgehead atoms. The number of rotatable bonds is 6. The van der Waals surface area contributed by atoms with Crippen LogP contribution in [-0.2, 0) is 22.8 Å². The van der Waals surface area contributed by atoms with Gasteiger partial charge in [-0.2, -0.15) is 13.2 Å². The van der Waals surface area contributed by atoms with Gasteiger partial charge in [0.1, 0.15) is 12.4 Å². The van der Waals surface area contributed by atoms with Crippen molar-refractivity contribution in [2.24, 2.45) is 0 Å². The number of alkyl halides is 3. The van der Waals surface area contributed by atoms with Gasteiger partial charge in [0.25, 0.3) is 10.0 Å². The number of anilines is 1. The van der Waals surface area contributed by atoms with Crippen LogP contribution < -0.4 is 9.46 Å². The maximum Gasteiger partial charge on any atom is 0.417 e. The number of halogens is 4. The minimum absolute atomic E-state index is 0.132. The molecule has 3 rings (SSSR count). The molecule has 1 aromatic heterocycles. The monoisotopic (exact) mass is 442 g/mol. The Morgan fingerprint density at radius 1 is 1.03 bits per heavy atom. The lowest BCUT2D eigenvalue weighted by Gasteiger charge is -2.13. The zero-order valence-electron chi connectivity index (χ0n) is 14.7. The first kappa shape index (κ1) is 20.9. The quantitative estimate of drug-likeness (QED) is 0.574. The van der Waals surface area contributed by atoms with Crippen molar-refractivity contribution < 1.29 is 26.3 Å². The molecule has 5 nitrogen and oxygen atoms in total. The fourth-order valence-corrected chi connectivity index (χ4v) is 3.69. The molecule has 0 spiro atoms. The Morgan fingerprint density at radius 2 is 1.83 bits per heavy atom. The molecular formula is C19H14ClF3N2O3S. The first-order valence-electron chi connectivity index (χ1n) is 8.17. The molecular weight excluding hydrogens is 429 g/mol. The van der Waals surface area contributed by atoms with E-state index in [9.17, 15) is 21.6 Å². The Bertz CT molecular complexity index is 1110. The predicted octanol–water partition coefficient (Wildman–Crippen LogP) is 5.13. The molecule has 0 aliphatic carbocycles. The van der Waals surface area contributed by atoms with Crippen LogP contribution >= 0.6 is 11.6 Å². The van der Waals surface area contributed by atoms with Crippen LogP contribution in [-0.4, -0.2) is 13.4 Å². The maximum absolute atomic E-state index is 13.0. The van der Waals surface area contributed by atoms with Gasteiger partial charge in [0.05, 0.1) is 26.9 Å². The van der Waals surface area contributed by atoms with Gasteiger partial charge < -0.3 is 4.74 Å². The molecule has 0 saturated carbocycles. The lowest BCUT2D eigenvalue weighted by molar-refractivity contribution is -0.137. The second-order valence-electron chi connectivity index (χ2n) is 5.88. The minimum Gasteiger partial charge on any atom is -0.487 e. The number of hydrogen-bond donors (Lipinski definition) is 1. The molecule has 0 aliphatic rings. The Kier molecular flexibility index (Phi) is 5.99. The molecule has 3 aromatic rings. The van der Waals surface area contributed by atoms with E-state index in [2.05, 4.69) is 9.71 Å². The zero-order valence-corrected chi connectivity index (χ0v) is 16.2. The van der Waals surface area contributed by atoms with Gasteiger partial charge in [0.2, 0.25) is 0 Å². The average molecular weight is 443 g/mol. The third-order valence-electron chi connectivity index (χ3n) is 3.75. The molecule has 1 heterocycles. The normalized spacial score (nSPS) is 11.9. The standard InChI is InChI=1S/C19H14ClF3N2O3S/c20-18-8-7-16(11-17(18)19(21,22)23)29(26,27)25-13-5-3-6-15(10-13)28-12-14-4-1-2-9-24-14/h1-11,25H,12H2. The van der Waals surface area contributed by atoms with Crippen molar-refractivity contribution >= 4 is 27.3 Å². The summed E-state index contributed by atoms with van der Waals surface area (Å²) in [6.45, 7) is 0.170. The fourth-order valence-electron chi connectivity index (χ4n) is 2.39. The summed E-state index contributed by atoms with van der Waals surface area (Å²) in [5, 5.41) is -0.582. The van der Waals surface area contributed by atoms with E-state index in [-0.39, 0.29) is 12.3 Å².